The average Bonchev–Trinajstić information content (AvgIpc) is 2.42. The number of rotatable bonds is 2. The van der Waals surface area contributed by atoms with Crippen LogP contribution < -0.4 is 5.73 Å². The number of nitrogens with zero attached hydrogens (tertiary/aromatic N) is 2. The Kier molecular flexibility index (Phi) is 5.61. The summed E-state index contributed by atoms with van der Waals surface area (Å²) in [5.74, 6) is -0.587. The van der Waals surface area contributed by atoms with Crippen LogP contribution in [0.15, 0.2) is 46.9 Å². The van der Waals surface area contributed by atoms with Crippen molar-refractivity contribution in [3.63, 3.8) is 0 Å². The van der Waals surface area contributed by atoms with Crippen LogP contribution in [0.4, 0.5) is 17.1 Å². The van der Waals surface area contributed by atoms with E-state index in [0.717, 1.165) is 22.3 Å². The van der Waals surface area contributed by atoms with E-state index in [2.05, 4.69) is 15.9 Å². The molecule has 3 N–H and O–H groups in total. The lowest BCUT2D eigenvalue weighted by Crippen LogP contribution is -1.92. The highest BCUT2D eigenvalue weighted by Crippen LogP contribution is 2.29. The molecule has 0 amide bonds. The third kappa shape index (κ3) is 5.07. The highest BCUT2D eigenvalue weighted by Gasteiger charge is 2.18. The minimum absolute atomic E-state index is 0.426. The second-order valence-electron chi connectivity index (χ2n) is 3.74. The van der Waals surface area contributed by atoms with Crippen LogP contribution in [0.5, 0.6) is 5.75 Å². The number of nitrogens with two attached hydrogens (primary N) is 1. The molecule has 0 unspecified atom stereocenters. The predicted octanol–water partition coefficient (Wildman–Crippen LogP) is 3.24. The number of hydrogen-bond acceptors (Lipinski definition) is 6. The molecule has 0 saturated carbocycles. The maximum absolute atomic E-state index is 10.2. The van der Waals surface area contributed by atoms with Gasteiger partial charge in [-0.2, -0.15) is 0 Å². The summed E-state index contributed by atoms with van der Waals surface area (Å²) in [6.07, 6.45) is 0. The van der Waals surface area contributed by atoms with Crippen LogP contribution in [0.25, 0.3) is 0 Å². The first-order chi connectivity index (χ1) is 9.81. The lowest BCUT2D eigenvalue weighted by atomic mass is 10.2. The van der Waals surface area contributed by atoms with Gasteiger partial charge < -0.3 is 10.8 Å². The van der Waals surface area contributed by atoms with Crippen molar-refractivity contribution in [2.24, 2.45) is 0 Å². The van der Waals surface area contributed by atoms with Gasteiger partial charge in [0.05, 0.1) is 15.9 Å². The summed E-state index contributed by atoms with van der Waals surface area (Å²) in [6, 6.07) is 10.1. The molecule has 8 nitrogen and oxygen atoms in total. The Morgan fingerprint density at radius 2 is 1.57 bits per heavy atom. The summed E-state index contributed by atoms with van der Waals surface area (Å²) in [7, 11) is 0. The van der Waals surface area contributed by atoms with Crippen LogP contribution in [-0.2, 0) is 0 Å². The van der Waals surface area contributed by atoms with Crippen molar-refractivity contribution in [2.75, 3.05) is 5.73 Å². The van der Waals surface area contributed by atoms with Gasteiger partial charge in [0, 0.05) is 16.2 Å². The van der Waals surface area contributed by atoms with Crippen molar-refractivity contribution in [3.8, 4) is 5.75 Å². The standard InChI is InChI=1S/C6H6BrN.C6H4N2O5/c7-5-1-3-6(8)4-2-5;9-6-2-1-4(7(10)11)3-5(6)8(12)13/h1-4H,8H2;1-3,9H. The zero-order valence-electron chi connectivity index (χ0n) is 10.5. The molecular formula is C12H10BrN3O5. The Bertz CT molecular complexity index is 639. The van der Waals surface area contributed by atoms with Crippen LogP contribution >= 0.6 is 15.9 Å². The Balaban J connectivity index is 0.000000235. The first-order valence-electron chi connectivity index (χ1n) is 5.44. The van der Waals surface area contributed by atoms with E-state index in [1.54, 1.807) is 0 Å². The van der Waals surface area contributed by atoms with Crippen LogP contribution in [0, 0.1) is 20.2 Å². The van der Waals surface area contributed by atoms with E-state index >= 15 is 0 Å². The van der Waals surface area contributed by atoms with Crippen molar-refractivity contribution >= 4 is 33.0 Å². The van der Waals surface area contributed by atoms with Gasteiger partial charge in [-0.3, -0.25) is 20.2 Å². The van der Waals surface area contributed by atoms with Gasteiger partial charge in [-0.05, 0) is 30.3 Å². The highest BCUT2D eigenvalue weighted by atomic mass is 79.9. The quantitative estimate of drug-likeness (QED) is 0.482. The number of non-ortho nitro benzene ring substituents is 1. The topological polar surface area (TPSA) is 133 Å². The van der Waals surface area contributed by atoms with Crippen molar-refractivity contribution < 1.29 is 15.0 Å². The van der Waals surface area contributed by atoms with Gasteiger partial charge in [0.1, 0.15) is 0 Å². The number of anilines is 1. The molecule has 0 bridgehead atoms. The van der Waals surface area contributed by atoms with Crippen LogP contribution in [0.2, 0.25) is 0 Å². The number of nitro groups is 2. The molecule has 9 heteroatoms. The predicted molar refractivity (Wildman–Crippen MR) is 80.0 cm³/mol. The number of benzene rings is 2. The molecule has 2 rings (SSSR count). The Morgan fingerprint density at radius 1 is 1.00 bits per heavy atom. The average molecular weight is 356 g/mol. The minimum Gasteiger partial charge on any atom is -0.502 e. The molecule has 0 aliphatic carbocycles. The second-order valence-corrected chi connectivity index (χ2v) is 4.65. The Labute approximate surface area is 127 Å². The second kappa shape index (κ2) is 7.20. The van der Waals surface area contributed by atoms with Gasteiger partial charge in [0.2, 0.25) is 0 Å². The van der Waals surface area contributed by atoms with E-state index in [9.17, 15) is 20.2 Å². The largest absolute Gasteiger partial charge is 0.502 e. The normalized spacial score (nSPS) is 9.38. The third-order valence-corrected chi connectivity index (χ3v) is 2.77. The first kappa shape index (κ1) is 16.4. The van der Waals surface area contributed by atoms with Gasteiger partial charge >= 0.3 is 5.69 Å². The monoisotopic (exact) mass is 355 g/mol. The molecule has 110 valence electrons. The summed E-state index contributed by atoms with van der Waals surface area (Å²) in [4.78, 5) is 18.7. The molecular weight excluding hydrogens is 346 g/mol. The zero-order chi connectivity index (χ0) is 16.0. The zero-order valence-corrected chi connectivity index (χ0v) is 12.1. The van der Waals surface area contributed by atoms with E-state index < -0.39 is 27.0 Å². The van der Waals surface area contributed by atoms with Gasteiger partial charge in [-0.15, -0.1) is 0 Å². The van der Waals surface area contributed by atoms with E-state index in [4.69, 9.17) is 10.8 Å². The minimum atomic E-state index is -0.887. The molecule has 0 fully saturated rings. The number of phenolic OH excluding ortho intramolecular Hbond substituents is 1. The maximum Gasteiger partial charge on any atom is 0.317 e. The molecule has 0 aliphatic rings. The van der Waals surface area contributed by atoms with Crippen LogP contribution in [0.3, 0.4) is 0 Å². The summed E-state index contributed by atoms with van der Waals surface area (Å²) >= 11 is 3.29. The van der Waals surface area contributed by atoms with E-state index in [0.29, 0.717) is 6.07 Å². The molecule has 0 heterocycles. The smallest absolute Gasteiger partial charge is 0.317 e. The molecule has 0 aromatic heterocycles. The highest BCUT2D eigenvalue weighted by molar-refractivity contribution is 9.10. The van der Waals surface area contributed by atoms with Gasteiger partial charge in [-0.25, -0.2) is 0 Å². The molecule has 2 aromatic rings. The van der Waals surface area contributed by atoms with Gasteiger partial charge in [-0.1, -0.05) is 15.9 Å². The first-order valence-corrected chi connectivity index (χ1v) is 6.23. The summed E-state index contributed by atoms with van der Waals surface area (Å²) in [5, 5.41) is 29.3. The number of halogens is 1. The van der Waals surface area contributed by atoms with E-state index in [-0.39, 0.29) is 0 Å². The molecule has 2 aromatic carbocycles. The van der Waals surface area contributed by atoms with Crippen LogP contribution in [0.1, 0.15) is 0 Å². The van der Waals surface area contributed by atoms with Crippen molar-refractivity contribution in [1.29, 1.82) is 0 Å². The molecule has 21 heavy (non-hydrogen) atoms. The Hall–Kier alpha value is -2.68. The van der Waals surface area contributed by atoms with Crippen molar-refractivity contribution in [3.05, 3.63) is 67.2 Å². The number of hydrogen-bond donors (Lipinski definition) is 2. The van der Waals surface area contributed by atoms with E-state index in [1.807, 2.05) is 24.3 Å². The SMILES string of the molecule is Nc1ccc(Br)cc1.O=[N+]([O-])c1ccc(O)c([N+](=O)[O-])c1. The summed E-state index contributed by atoms with van der Waals surface area (Å²) in [6.45, 7) is 0. The Morgan fingerprint density at radius 3 is 2.00 bits per heavy atom. The molecule has 0 radical (unpaired) electrons. The fourth-order valence-corrected chi connectivity index (χ4v) is 1.50. The third-order valence-electron chi connectivity index (χ3n) is 2.24. The molecule has 0 aliphatic heterocycles. The number of aromatic hydroxyl groups is 1. The maximum atomic E-state index is 10.2. The van der Waals surface area contributed by atoms with Gasteiger partial charge in [0.15, 0.2) is 5.75 Å². The molecule has 0 atom stereocenters. The number of phenols is 1. The summed E-state index contributed by atoms with van der Waals surface area (Å²) in [5.41, 5.74) is 5.11. The van der Waals surface area contributed by atoms with Crippen molar-refractivity contribution in [2.45, 2.75) is 0 Å². The fraction of sp³-hybridized carbons (Fsp3) is 0. The lowest BCUT2D eigenvalue weighted by molar-refractivity contribution is -0.394. The van der Waals surface area contributed by atoms with Crippen molar-refractivity contribution in [1.82, 2.24) is 0 Å². The van der Waals surface area contributed by atoms with Crippen LogP contribution in [-0.4, -0.2) is 15.0 Å². The number of nitro benzene ring substituents is 2. The van der Waals surface area contributed by atoms with Gasteiger partial charge in [0.25, 0.3) is 5.69 Å². The van der Waals surface area contributed by atoms with E-state index in [1.165, 1.54) is 0 Å². The number of nitrogen functional groups attached to an aromatic ring is 1. The fourth-order valence-electron chi connectivity index (χ4n) is 1.23. The molecule has 0 spiro atoms. The molecule has 0 saturated heterocycles. The summed E-state index contributed by atoms with van der Waals surface area (Å²) < 4.78 is 1.06. The lowest BCUT2D eigenvalue weighted by Gasteiger charge is -1.94.